The summed E-state index contributed by atoms with van der Waals surface area (Å²) in [5.74, 6) is 0. The van der Waals surface area contributed by atoms with Crippen molar-refractivity contribution in [1.29, 1.82) is 0 Å². The molecule has 3 N–H and O–H groups in total. The second kappa shape index (κ2) is 3.64. The second-order valence-corrected chi connectivity index (χ2v) is 2.36. The predicted molar refractivity (Wildman–Crippen MR) is 39.1 cm³/mol. The van der Waals surface area contributed by atoms with Gasteiger partial charge in [-0.05, 0) is 13.3 Å². The fourth-order valence-electron chi connectivity index (χ4n) is 0.589. The van der Waals surface area contributed by atoms with Gasteiger partial charge >= 0.3 is 0 Å². The van der Waals surface area contributed by atoms with Crippen LogP contribution in [0, 0.1) is 0 Å². The Kier molecular flexibility index (Phi) is 3.50. The topological polar surface area (TPSA) is 46.2 Å². The molecule has 2 heteroatoms. The van der Waals surface area contributed by atoms with E-state index in [1.165, 1.54) is 0 Å². The average molecular weight is 129 g/mol. The Labute approximate surface area is 56.4 Å². The highest BCUT2D eigenvalue weighted by Crippen LogP contribution is 2.03. The van der Waals surface area contributed by atoms with Crippen molar-refractivity contribution in [1.82, 2.24) is 0 Å². The molecule has 0 aliphatic carbocycles. The van der Waals surface area contributed by atoms with Crippen molar-refractivity contribution in [2.45, 2.75) is 32.4 Å². The number of hydrogen-bond acceptors (Lipinski definition) is 2. The molecule has 2 nitrogen and oxygen atoms in total. The zero-order valence-corrected chi connectivity index (χ0v) is 6.09. The maximum Gasteiger partial charge on any atom is 0.0895 e. The van der Waals surface area contributed by atoms with E-state index in [2.05, 4.69) is 6.58 Å². The van der Waals surface area contributed by atoms with Gasteiger partial charge < -0.3 is 10.8 Å². The van der Waals surface area contributed by atoms with Crippen molar-refractivity contribution in [3.8, 4) is 0 Å². The minimum atomic E-state index is -0.532. The first-order valence-electron chi connectivity index (χ1n) is 3.18. The summed E-state index contributed by atoms with van der Waals surface area (Å²) in [5.41, 5.74) is 6.25. The molecule has 0 fully saturated rings. The van der Waals surface area contributed by atoms with Crippen LogP contribution in [-0.4, -0.2) is 17.3 Å². The van der Waals surface area contributed by atoms with Gasteiger partial charge in [0.1, 0.15) is 0 Å². The lowest BCUT2D eigenvalue weighted by atomic mass is 10.0. The summed E-state index contributed by atoms with van der Waals surface area (Å²) in [6.07, 6.45) is 0.253. The molecule has 0 aromatic carbocycles. The molecule has 2 atom stereocenters. The fraction of sp³-hybridized carbons (Fsp3) is 0.714. The normalized spacial score (nSPS) is 16.9. The first-order valence-corrected chi connectivity index (χ1v) is 3.18. The lowest BCUT2D eigenvalue weighted by Crippen LogP contribution is -2.34. The lowest BCUT2D eigenvalue weighted by molar-refractivity contribution is 0.177. The summed E-state index contributed by atoms with van der Waals surface area (Å²) in [6.45, 7) is 7.31. The molecule has 0 amide bonds. The molecule has 0 aliphatic rings. The van der Waals surface area contributed by atoms with Gasteiger partial charge in [0.05, 0.1) is 6.10 Å². The Hall–Kier alpha value is -0.340. The summed E-state index contributed by atoms with van der Waals surface area (Å²) in [6, 6.07) is -0.150. The molecular weight excluding hydrogens is 114 g/mol. The van der Waals surface area contributed by atoms with E-state index in [9.17, 15) is 5.11 Å². The highest BCUT2D eigenvalue weighted by atomic mass is 16.3. The van der Waals surface area contributed by atoms with Crippen molar-refractivity contribution < 1.29 is 5.11 Å². The van der Waals surface area contributed by atoms with Gasteiger partial charge in [0.15, 0.2) is 0 Å². The molecule has 0 unspecified atom stereocenters. The van der Waals surface area contributed by atoms with Crippen molar-refractivity contribution in [3.05, 3.63) is 12.2 Å². The van der Waals surface area contributed by atoms with Gasteiger partial charge in [0, 0.05) is 6.04 Å². The fourth-order valence-corrected chi connectivity index (χ4v) is 0.589. The van der Waals surface area contributed by atoms with Crippen molar-refractivity contribution >= 4 is 0 Å². The summed E-state index contributed by atoms with van der Waals surface area (Å²) in [5, 5.41) is 9.17. The van der Waals surface area contributed by atoms with Gasteiger partial charge in [-0.25, -0.2) is 0 Å². The lowest BCUT2D eigenvalue weighted by Gasteiger charge is -2.16. The zero-order valence-electron chi connectivity index (χ0n) is 6.09. The molecule has 0 aromatic rings. The van der Waals surface area contributed by atoms with Crippen LogP contribution in [0.25, 0.3) is 0 Å². The molecule has 0 spiro atoms. The van der Waals surface area contributed by atoms with Gasteiger partial charge in [-0.3, -0.25) is 0 Å². The van der Waals surface area contributed by atoms with Crippen molar-refractivity contribution in [2.75, 3.05) is 0 Å². The Balaban J connectivity index is 3.72. The van der Waals surface area contributed by atoms with E-state index in [1.54, 1.807) is 6.92 Å². The van der Waals surface area contributed by atoms with E-state index in [-0.39, 0.29) is 6.04 Å². The van der Waals surface area contributed by atoms with E-state index in [4.69, 9.17) is 5.73 Å². The van der Waals surface area contributed by atoms with Gasteiger partial charge in [-0.2, -0.15) is 0 Å². The molecule has 9 heavy (non-hydrogen) atoms. The van der Waals surface area contributed by atoms with E-state index in [1.807, 2.05) is 6.92 Å². The minimum Gasteiger partial charge on any atom is -0.387 e. The van der Waals surface area contributed by atoms with Crippen LogP contribution in [0.5, 0.6) is 0 Å². The van der Waals surface area contributed by atoms with Crippen LogP contribution in [0.2, 0.25) is 0 Å². The zero-order chi connectivity index (χ0) is 7.44. The molecule has 0 heterocycles. The van der Waals surface area contributed by atoms with Gasteiger partial charge in [0.2, 0.25) is 0 Å². The van der Waals surface area contributed by atoms with Crippen LogP contribution in [0.3, 0.4) is 0 Å². The van der Waals surface area contributed by atoms with Gasteiger partial charge in [-0.1, -0.05) is 19.1 Å². The third-order valence-electron chi connectivity index (χ3n) is 1.38. The number of aliphatic hydroxyl groups excluding tert-OH is 1. The molecule has 0 aromatic heterocycles. The minimum absolute atomic E-state index is 0.150. The van der Waals surface area contributed by atoms with E-state index < -0.39 is 6.10 Å². The van der Waals surface area contributed by atoms with Gasteiger partial charge in [0.25, 0.3) is 0 Å². The molecule has 0 rings (SSSR count). The smallest absolute Gasteiger partial charge is 0.0895 e. The average Bonchev–Trinajstić information content (AvgIpc) is 1.84. The van der Waals surface area contributed by atoms with Gasteiger partial charge in [-0.15, -0.1) is 0 Å². The number of aliphatic hydroxyl groups is 1. The number of hydrogen-bond donors (Lipinski definition) is 2. The Morgan fingerprint density at radius 1 is 1.78 bits per heavy atom. The monoisotopic (exact) mass is 129 g/mol. The third kappa shape index (κ3) is 2.63. The number of rotatable bonds is 3. The second-order valence-electron chi connectivity index (χ2n) is 2.36. The molecule has 0 saturated heterocycles. The SMILES string of the molecule is C=C(C)[C@H](O)[C@H](N)CC. The van der Waals surface area contributed by atoms with Crippen LogP contribution in [0.1, 0.15) is 20.3 Å². The third-order valence-corrected chi connectivity index (χ3v) is 1.38. The maximum atomic E-state index is 9.17. The van der Waals surface area contributed by atoms with Crippen LogP contribution in [0.4, 0.5) is 0 Å². The summed E-state index contributed by atoms with van der Waals surface area (Å²) in [4.78, 5) is 0. The molecule has 0 bridgehead atoms. The summed E-state index contributed by atoms with van der Waals surface area (Å²) >= 11 is 0. The number of nitrogens with two attached hydrogens (primary N) is 1. The molecular formula is C7H15NO. The molecule has 0 radical (unpaired) electrons. The molecule has 0 aliphatic heterocycles. The van der Waals surface area contributed by atoms with E-state index in [0.29, 0.717) is 0 Å². The standard InChI is InChI=1S/C7H15NO/c1-4-6(8)7(9)5(2)3/h6-7,9H,2,4,8H2,1,3H3/t6-,7+/m1/s1. The van der Waals surface area contributed by atoms with Crippen LogP contribution >= 0.6 is 0 Å². The summed E-state index contributed by atoms with van der Waals surface area (Å²) < 4.78 is 0. The maximum absolute atomic E-state index is 9.17. The van der Waals surface area contributed by atoms with Crippen molar-refractivity contribution in [3.63, 3.8) is 0 Å². The predicted octanol–water partition coefficient (Wildman–Crippen LogP) is 0.661. The van der Waals surface area contributed by atoms with Crippen LogP contribution in [-0.2, 0) is 0 Å². The van der Waals surface area contributed by atoms with Crippen LogP contribution in [0.15, 0.2) is 12.2 Å². The summed E-state index contributed by atoms with van der Waals surface area (Å²) in [7, 11) is 0. The molecule has 0 saturated carbocycles. The quantitative estimate of drug-likeness (QED) is 0.550. The van der Waals surface area contributed by atoms with Crippen LogP contribution < -0.4 is 5.73 Å². The van der Waals surface area contributed by atoms with Crippen molar-refractivity contribution in [2.24, 2.45) is 5.73 Å². The Bertz CT molecular complexity index is 101. The Morgan fingerprint density at radius 2 is 2.22 bits per heavy atom. The highest BCUT2D eigenvalue weighted by Gasteiger charge is 2.11. The van der Waals surface area contributed by atoms with E-state index in [0.717, 1.165) is 12.0 Å². The first kappa shape index (κ1) is 8.66. The highest BCUT2D eigenvalue weighted by molar-refractivity contribution is 5.00. The largest absolute Gasteiger partial charge is 0.387 e. The first-order chi connectivity index (χ1) is 4.09. The molecule has 54 valence electrons. The van der Waals surface area contributed by atoms with E-state index >= 15 is 0 Å². The Morgan fingerprint density at radius 3 is 2.33 bits per heavy atom.